The Hall–Kier alpha value is -2.99. The van der Waals surface area contributed by atoms with Crippen molar-refractivity contribution in [2.45, 2.75) is 18.5 Å². The van der Waals surface area contributed by atoms with Crippen LogP contribution in [-0.2, 0) is 16.0 Å². The second kappa shape index (κ2) is 6.96. The van der Waals surface area contributed by atoms with Gasteiger partial charge in [0.05, 0.1) is 27.4 Å². The molecule has 0 spiro atoms. The monoisotopic (exact) mass is 366 g/mol. The number of fused-ring (bicyclic) bond motifs is 3. The lowest BCUT2D eigenvalue weighted by Gasteiger charge is -2.31. The number of nitrogens with one attached hydrogen (secondary N) is 2. The van der Waals surface area contributed by atoms with Crippen LogP contribution in [-0.4, -0.2) is 38.3 Å². The van der Waals surface area contributed by atoms with Crippen molar-refractivity contribution in [1.82, 2.24) is 10.3 Å². The van der Waals surface area contributed by atoms with E-state index in [2.05, 4.69) is 16.4 Å². The molecule has 0 saturated heterocycles. The Bertz CT molecular complexity index is 995. The molecule has 0 aliphatic carbocycles. The lowest BCUT2D eigenvalue weighted by Crippen LogP contribution is -2.45. The number of hydrogen-bond donors (Lipinski definition) is 2. The highest BCUT2D eigenvalue weighted by atomic mass is 16.5. The summed E-state index contributed by atoms with van der Waals surface area (Å²) in [5.74, 6) is 1.14. The first-order valence-corrected chi connectivity index (χ1v) is 8.81. The topological polar surface area (TPSA) is 72.6 Å². The third kappa shape index (κ3) is 2.92. The van der Waals surface area contributed by atoms with Crippen molar-refractivity contribution < 1.29 is 19.0 Å². The zero-order valence-corrected chi connectivity index (χ0v) is 15.5. The van der Waals surface area contributed by atoms with Crippen LogP contribution in [0.2, 0.25) is 0 Å². The molecule has 0 fully saturated rings. The van der Waals surface area contributed by atoms with Gasteiger partial charge in [0.2, 0.25) is 0 Å². The Labute approximate surface area is 157 Å². The summed E-state index contributed by atoms with van der Waals surface area (Å²) in [4.78, 5) is 15.8. The van der Waals surface area contributed by atoms with E-state index in [-0.39, 0.29) is 12.0 Å². The van der Waals surface area contributed by atoms with Crippen molar-refractivity contribution in [3.8, 4) is 11.5 Å². The van der Waals surface area contributed by atoms with Crippen molar-refractivity contribution in [1.29, 1.82) is 0 Å². The van der Waals surface area contributed by atoms with Crippen LogP contribution in [0.15, 0.2) is 42.5 Å². The summed E-state index contributed by atoms with van der Waals surface area (Å²) in [6.07, 6.45) is 0.570. The molecule has 0 saturated carbocycles. The molecule has 1 aliphatic heterocycles. The number of ether oxygens (including phenoxy) is 3. The van der Waals surface area contributed by atoms with Gasteiger partial charge in [0.15, 0.2) is 0 Å². The maximum atomic E-state index is 12.3. The normalized spacial score (nSPS) is 18.8. The number of hydrogen-bond acceptors (Lipinski definition) is 5. The minimum absolute atomic E-state index is 0.230. The van der Waals surface area contributed by atoms with E-state index < -0.39 is 6.04 Å². The smallest absolute Gasteiger partial charge is 0.323 e. The van der Waals surface area contributed by atoms with Gasteiger partial charge in [-0.3, -0.25) is 10.1 Å². The summed E-state index contributed by atoms with van der Waals surface area (Å²) in [6, 6.07) is 13.2. The largest absolute Gasteiger partial charge is 0.497 e. The first kappa shape index (κ1) is 17.4. The number of esters is 1. The van der Waals surface area contributed by atoms with E-state index in [9.17, 15) is 4.79 Å². The van der Waals surface area contributed by atoms with Gasteiger partial charge in [-0.05, 0) is 23.8 Å². The number of para-hydroxylation sites is 1. The van der Waals surface area contributed by atoms with E-state index in [4.69, 9.17) is 14.2 Å². The van der Waals surface area contributed by atoms with Crippen molar-refractivity contribution >= 4 is 16.9 Å². The summed E-state index contributed by atoms with van der Waals surface area (Å²) in [5, 5.41) is 4.55. The predicted molar refractivity (Wildman–Crippen MR) is 102 cm³/mol. The van der Waals surface area contributed by atoms with Crippen molar-refractivity contribution in [3.63, 3.8) is 0 Å². The van der Waals surface area contributed by atoms with E-state index in [0.29, 0.717) is 17.9 Å². The highest BCUT2D eigenvalue weighted by molar-refractivity contribution is 5.87. The highest BCUT2D eigenvalue weighted by Crippen LogP contribution is 2.39. The van der Waals surface area contributed by atoms with Crippen LogP contribution < -0.4 is 14.8 Å². The molecule has 0 bridgehead atoms. The molecule has 1 aromatic heterocycles. The average molecular weight is 366 g/mol. The van der Waals surface area contributed by atoms with Crippen LogP contribution in [0.5, 0.6) is 11.5 Å². The fraction of sp³-hybridized carbons (Fsp3) is 0.286. The third-order valence-corrected chi connectivity index (χ3v) is 5.15. The minimum Gasteiger partial charge on any atom is -0.497 e. The maximum Gasteiger partial charge on any atom is 0.323 e. The van der Waals surface area contributed by atoms with Crippen molar-refractivity contribution in [2.75, 3.05) is 21.3 Å². The SMILES string of the molecule is COC(=O)[C@@H]1Cc2c([nH]c3ccccc23)[C@H](c2ccc(OC)cc2OC)N1. The van der Waals surface area contributed by atoms with E-state index in [1.165, 1.54) is 7.11 Å². The van der Waals surface area contributed by atoms with Crippen molar-refractivity contribution in [3.05, 3.63) is 59.3 Å². The van der Waals surface area contributed by atoms with Gasteiger partial charge in [0.25, 0.3) is 0 Å². The van der Waals surface area contributed by atoms with Gasteiger partial charge in [-0.2, -0.15) is 0 Å². The molecule has 0 amide bonds. The summed E-state index contributed by atoms with van der Waals surface area (Å²) >= 11 is 0. The van der Waals surface area contributed by atoms with Crippen molar-refractivity contribution in [2.24, 2.45) is 0 Å². The Kier molecular flexibility index (Phi) is 4.49. The molecule has 2 aromatic carbocycles. The van der Waals surface area contributed by atoms with E-state index in [1.54, 1.807) is 14.2 Å². The van der Waals surface area contributed by atoms with Crippen LogP contribution in [0.3, 0.4) is 0 Å². The minimum atomic E-state index is -0.432. The Morgan fingerprint density at radius 3 is 2.63 bits per heavy atom. The molecule has 140 valence electrons. The number of methoxy groups -OCH3 is 3. The lowest BCUT2D eigenvalue weighted by molar-refractivity contribution is -0.143. The van der Waals surface area contributed by atoms with Gasteiger partial charge in [0.1, 0.15) is 17.5 Å². The first-order chi connectivity index (χ1) is 13.2. The molecule has 2 N–H and O–H groups in total. The Morgan fingerprint density at radius 2 is 1.89 bits per heavy atom. The number of rotatable bonds is 4. The summed E-state index contributed by atoms with van der Waals surface area (Å²) in [7, 11) is 4.67. The summed E-state index contributed by atoms with van der Waals surface area (Å²) in [5.41, 5.74) is 4.15. The molecule has 27 heavy (non-hydrogen) atoms. The second-order valence-electron chi connectivity index (χ2n) is 6.55. The van der Waals surface area contributed by atoms with E-state index in [0.717, 1.165) is 27.7 Å². The fourth-order valence-electron chi connectivity index (χ4n) is 3.83. The molecular formula is C21H22N2O4. The molecular weight excluding hydrogens is 344 g/mol. The zero-order valence-electron chi connectivity index (χ0n) is 15.5. The number of carbonyl (C=O) groups is 1. The molecule has 6 nitrogen and oxygen atoms in total. The number of carbonyl (C=O) groups excluding carboxylic acids is 1. The highest BCUT2D eigenvalue weighted by Gasteiger charge is 2.35. The Morgan fingerprint density at radius 1 is 1.07 bits per heavy atom. The van der Waals surface area contributed by atoms with E-state index >= 15 is 0 Å². The van der Waals surface area contributed by atoms with Crippen LogP contribution in [0, 0.1) is 0 Å². The number of H-pyrrole nitrogens is 1. The van der Waals surface area contributed by atoms with Gasteiger partial charge >= 0.3 is 5.97 Å². The van der Waals surface area contributed by atoms with Crippen LogP contribution in [0.1, 0.15) is 22.9 Å². The molecule has 6 heteroatoms. The number of aromatic nitrogens is 1. The molecule has 0 radical (unpaired) electrons. The molecule has 3 aromatic rings. The molecule has 2 heterocycles. The fourth-order valence-corrected chi connectivity index (χ4v) is 3.83. The zero-order chi connectivity index (χ0) is 19.0. The number of aromatic amines is 1. The molecule has 1 aliphatic rings. The van der Waals surface area contributed by atoms with Gasteiger partial charge in [-0.1, -0.05) is 18.2 Å². The van der Waals surface area contributed by atoms with Gasteiger partial charge in [-0.15, -0.1) is 0 Å². The van der Waals surface area contributed by atoms with Gasteiger partial charge < -0.3 is 19.2 Å². The quantitative estimate of drug-likeness (QED) is 0.695. The average Bonchev–Trinajstić information content (AvgIpc) is 3.10. The molecule has 2 atom stereocenters. The Balaban J connectivity index is 1.88. The number of benzene rings is 2. The summed E-state index contributed by atoms with van der Waals surface area (Å²) in [6.45, 7) is 0. The standard InChI is InChI=1S/C21H22N2O4/c1-25-12-8-9-14(18(10-12)26-2)19-20-15(11-17(23-19)21(24)27-3)13-6-4-5-7-16(13)22-20/h4-10,17,19,22-23H,11H2,1-3H3/t17-,19-/m0/s1. The molecule has 4 rings (SSSR count). The maximum absolute atomic E-state index is 12.3. The van der Waals surface area contributed by atoms with Gasteiger partial charge in [-0.25, -0.2) is 0 Å². The van der Waals surface area contributed by atoms with E-state index in [1.807, 2.05) is 36.4 Å². The van der Waals surface area contributed by atoms with Crippen LogP contribution in [0.4, 0.5) is 0 Å². The summed E-state index contributed by atoms with van der Waals surface area (Å²) < 4.78 is 15.9. The van der Waals surface area contributed by atoms with Crippen LogP contribution >= 0.6 is 0 Å². The third-order valence-electron chi connectivity index (χ3n) is 5.15. The first-order valence-electron chi connectivity index (χ1n) is 8.81. The molecule has 0 unspecified atom stereocenters. The second-order valence-corrected chi connectivity index (χ2v) is 6.55. The van der Waals surface area contributed by atoms with Gasteiger partial charge in [0, 0.05) is 34.6 Å². The van der Waals surface area contributed by atoms with Crippen LogP contribution in [0.25, 0.3) is 10.9 Å². The lowest BCUT2D eigenvalue weighted by atomic mass is 9.90. The predicted octanol–water partition coefficient (Wildman–Crippen LogP) is 2.96.